The van der Waals surface area contributed by atoms with Crippen molar-refractivity contribution in [1.82, 2.24) is 20.6 Å². The highest BCUT2D eigenvalue weighted by atomic mass is 35.5. The number of nitrogens with one attached hydrogen (secondary N) is 3. The first-order valence-electron chi connectivity index (χ1n) is 15.1. The van der Waals surface area contributed by atoms with Crippen molar-refractivity contribution in [3.63, 3.8) is 0 Å². The highest BCUT2D eigenvalue weighted by Gasteiger charge is 2.41. The lowest BCUT2D eigenvalue weighted by Crippen LogP contribution is -2.57. The standard InChI is InChI=1S/C33H42ClFN4O3/c1-19(2)23(29-24(34)9-6-10-25(29)35)16-28-37-26-14-13-22(15-27(26)38-28)33(3,18-42-4)32(41)39-30(21-7-5-8-21)31(40)36-17-20-11-12-20/h6,9-10,13-15,19-21,23,30H,5,7-8,11-12,16-18H2,1-4H3,(H,36,40)(H,37,38)(H,39,41)/t23?,30-,33?/m1/s1. The van der Waals surface area contributed by atoms with Crippen LogP contribution in [0, 0.1) is 23.6 Å². The lowest BCUT2D eigenvalue weighted by Gasteiger charge is -2.36. The maximum Gasteiger partial charge on any atom is 0.242 e. The Labute approximate surface area is 252 Å². The van der Waals surface area contributed by atoms with Crippen molar-refractivity contribution < 1.29 is 18.7 Å². The van der Waals surface area contributed by atoms with Gasteiger partial charge in [0.15, 0.2) is 0 Å². The van der Waals surface area contributed by atoms with Crippen molar-refractivity contribution in [3.8, 4) is 0 Å². The molecule has 2 aliphatic rings. The fraction of sp³-hybridized carbons (Fsp3) is 0.545. The van der Waals surface area contributed by atoms with Gasteiger partial charge in [0.2, 0.25) is 11.8 Å². The second-order valence-electron chi connectivity index (χ2n) is 12.7. The zero-order chi connectivity index (χ0) is 30.0. The summed E-state index contributed by atoms with van der Waals surface area (Å²) in [5.74, 6) is 0.738. The van der Waals surface area contributed by atoms with E-state index in [1.165, 1.54) is 6.07 Å². The average Bonchev–Trinajstić information content (AvgIpc) is 3.66. The number of carbonyl (C=O) groups is 2. The summed E-state index contributed by atoms with van der Waals surface area (Å²) in [6, 6.07) is 9.92. The third kappa shape index (κ3) is 6.50. The number of hydrogen-bond acceptors (Lipinski definition) is 4. The fourth-order valence-electron chi connectivity index (χ4n) is 5.96. The number of H-pyrrole nitrogens is 1. The second-order valence-corrected chi connectivity index (χ2v) is 13.1. The number of carbonyl (C=O) groups excluding carboxylic acids is 2. The van der Waals surface area contributed by atoms with Gasteiger partial charge in [0.05, 0.1) is 23.1 Å². The number of imidazole rings is 1. The summed E-state index contributed by atoms with van der Waals surface area (Å²) in [6.45, 7) is 6.76. The van der Waals surface area contributed by atoms with E-state index >= 15 is 0 Å². The number of amides is 2. The van der Waals surface area contributed by atoms with Gasteiger partial charge in [-0.1, -0.05) is 44.0 Å². The summed E-state index contributed by atoms with van der Waals surface area (Å²) in [4.78, 5) is 35.2. The number of benzene rings is 2. The number of aromatic amines is 1. The molecule has 2 saturated carbocycles. The van der Waals surface area contributed by atoms with Crippen molar-refractivity contribution >= 4 is 34.4 Å². The Morgan fingerprint density at radius 2 is 1.95 bits per heavy atom. The molecule has 0 spiro atoms. The quantitative estimate of drug-likeness (QED) is 0.224. The molecule has 2 fully saturated rings. The Kier molecular flexibility index (Phi) is 9.23. The van der Waals surface area contributed by atoms with E-state index < -0.39 is 11.5 Å². The Morgan fingerprint density at radius 1 is 1.19 bits per heavy atom. The molecule has 3 atom stereocenters. The Morgan fingerprint density at radius 3 is 2.57 bits per heavy atom. The number of ether oxygens (including phenoxy) is 1. The molecule has 3 N–H and O–H groups in total. The number of nitrogens with zero attached hydrogens (tertiary/aromatic N) is 1. The SMILES string of the molecule is COCC(C)(C(=O)N[C@@H](C(=O)NCC1CC1)C1CCC1)c1ccc2nc(CC(c3c(F)cccc3Cl)C(C)C)[nH]c2c1. The molecule has 5 rings (SSSR count). The van der Waals surface area contributed by atoms with E-state index in [1.54, 1.807) is 19.2 Å². The Hall–Kier alpha value is -2.97. The summed E-state index contributed by atoms with van der Waals surface area (Å²) < 4.78 is 20.4. The van der Waals surface area contributed by atoms with E-state index in [-0.39, 0.29) is 42.0 Å². The van der Waals surface area contributed by atoms with Gasteiger partial charge in [-0.25, -0.2) is 9.37 Å². The number of hydrogen-bond donors (Lipinski definition) is 3. The van der Waals surface area contributed by atoms with Gasteiger partial charge < -0.3 is 20.4 Å². The van der Waals surface area contributed by atoms with E-state index in [2.05, 4.69) is 15.6 Å². The molecule has 0 aliphatic heterocycles. The molecule has 42 heavy (non-hydrogen) atoms. The van der Waals surface area contributed by atoms with Gasteiger partial charge in [0.25, 0.3) is 0 Å². The van der Waals surface area contributed by atoms with Gasteiger partial charge in [-0.15, -0.1) is 0 Å². The van der Waals surface area contributed by atoms with Gasteiger partial charge in [-0.2, -0.15) is 0 Å². The van der Waals surface area contributed by atoms with Crippen molar-refractivity contribution in [1.29, 1.82) is 0 Å². The number of halogens is 2. The molecule has 2 amide bonds. The molecule has 0 radical (unpaired) electrons. The van der Waals surface area contributed by atoms with E-state index in [1.807, 2.05) is 39.0 Å². The minimum Gasteiger partial charge on any atom is -0.383 e. The molecule has 2 unspecified atom stereocenters. The van der Waals surface area contributed by atoms with E-state index in [4.69, 9.17) is 21.3 Å². The zero-order valence-electron chi connectivity index (χ0n) is 24.9. The normalized spacial score (nSPS) is 18.4. The van der Waals surface area contributed by atoms with Crippen molar-refractivity contribution in [2.24, 2.45) is 17.8 Å². The third-order valence-corrected chi connectivity index (χ3v) is 9.47. The van der Waals surface area contributed by atoms with Crippen LogP contribution < -0.4 is 10.6 Å². The number of aromatic nitrogens is 2. The predicted octanol–water partition coefficient (Wildman–Crippen LogP) is 6.05. The largest absolute Gasteiger partial charge is 0.383 e. The maximum atomic E-state index is 14.8. The van der Waals surface area contributed by atoms with Crippen molar-refractivity contribution in [3.05, 3.63) is 64.2 Å². The van der Waals surface area contributed by atoms with Crippen LogP contribution in [0.15, 0.2) is 36.4 Å². The predicted molar refractivity (Wildman–Crippen MR) is 163 cm³/mol. The van der Waals surface area contributed by atoms with Gasteiger partial charge in [-0.3, -0.25) is 9.59 Å². The summed E-state index contributed by atoms with van der Waals surface area (Å²) in [5.41, 5.74) is 1.75. The van der Waals surface area contributed by atoms with Gasteiger partial charge in [-0.05, 0) is 86.1 Å². The highest BCUT2D eigenvalue weighted by molar-refractivity contribution is 6.31. The lowest BCUT2D eigenvalue weighted by atomic mass is 9.77. The number of fused-ring (bicyclic) bond motifs is 1. The van der Waals surface area contributed by atoms with E-state index in [0.29, 0.717) is 29.5 Å². The summed E-state index contributed by atoms with van der Waals surface area (Å²) in [7, 11) is 1.57. The number of rotatable bonds is 13. The van der Waals surface area contributed by atoms with Crippen LogP contribution in [0.5, 0.6) is 0 Å². The van der Waals surface area contributed by atoms with Crippen molar-refractivity contribution in [2.75, 3.05) is 20.3 Å². The Balaban J connectivity index is 1.38. The summed E-state index contributed by atoms with van der Waals surface area (Å²) >= 11 is 6.42. The zero-order valence-corrected chi connectivity index (χ0v) is 25.7. The Bertz CT molecular complexity index is 1410. The van der Waals surface area contributed by atoms with Crippen LogP contribution in [0.1, 0.15) is 75.7 Å². The van der Waals surface area contributed by atoms with Crippen LogP contribution in [0.3, 0.4) is 0 Å². The molecule has 1 aromatic heterocycles. The molecule has 226 valence electrons. The molecule has 2 aliphatic carbocycles. The van der Waals surface area contributed by atoms with E-state index in [9.17, 15) is 14.0 Å². The fourth-order valence-corrected chi connectivity index (χ4v) is 6.27. The van der Waals surface area contributed by atoms with Gasteiger partial charge in [0.1, 0.15) is 17.7 Å². The first-order valence-corrected chi connectivity index (χ1v) is 15.5. The summed E-state index contributed by atoms with van der Waals surface area (Å²) in [6.07, 6.45) is 5.72. The molecule has 9 heteroatoms. The molecule has 1 heterocycles. The van der Waals surface area contributed by atoms with E-state index in [0.717, 1.165) is 54.5 Å². The lowest BCUT2D eigenvalue weighted by molar-refractivity contribution is -0.135. The van der Waals surface area contributed by atoms with Crippen molar-refractivity contribution in [2.45, 2.75) is 76.7 Å². The molecule has 0 bridgehead atoms. The first-order chi connectivity index (χ1) is 20.1. The monoisotopic (exact) mass is 596 g/mol. The maximum absolute atomic E-state index is 14.8. The average molecular weight is 597 g/mol. The van der Waals surface area contributed by atoms with Crippen LogP contribution >= 0.6 is 11.6 Å². The first kappa shape index (κ1) is 30.5. The topological polar surface area (TPSA) is 96.1 Å². The number of methoxy groups -OCH3 is 1. The molecule has 0 saturated heterocycles. The van der Waals surface area contributed by atoms with Crippen LogP contribution in [0.2, 0.25) is 5.02 Å². The molecular formula is C33H42ClFN4O3. The molecule has 3 aromatic rings. The summed E-state index contributed by atoms with van der Waals surface area (Å²) in [5, 5.41) is 6.58. The van der Waals surface area contributed by atoms with Gasteiger partial charge >= 0.3 is 0 Å². The van der Waals surface area contributed by atoms with Crippen LogP contribution in [-0.4, -0.2) is 48.1 Å². The second kappa shape index (κ2) is 12.7. The third-order valence-electron chi connectivity index (χ3n) is 9.14. The minimum absolute atomic E-state index is 0.0944. The molecule has 2 aromatic carbocycles. The minimum atomic E-state index is -1.03. The van der Waals surface area contributed by atoms with Crippen LogP contribution in [0.25, 0.3) is 11.0 Å². The smallest absolute Gasteiger partial charge is 0.242 e. The van der Waals surface area contributed by atoms with Crippen LogP contribution in [-0.2, 0) is 26.2 Å². The van der Waals surface area contributed by atoms with Gasteiger partial charge in [0, 0.05) is 30.7 Å². The molecular weight excluding hydrogens is 555 g/mol. The molecule has 7 nitrogen and oxygen atoms in total. The highest BCUT2D eigenvalue weighted by Crippen LogP contribution is 2.36. The van der Waals surface area contributed by atoms with Crippen LogP contribution in [0.4, 0.5) is 4.39 Å².